The maximum absolute atomic E-state index is 9.74. The first-order chi connectivity index (χ1) is 9.25. The fourth-order valence-electron chi connectivity index (χ4n) is 2.21. The highest BCUT2D eigenvalue weighted by Crippen LogP contribution is 2.17. The molecule has 0 aliphatic rings. The van der Waals surface area contributed by atoms with Crippen molar-refractivity contribution in [3.05, 3.63) is 54.1 Å². The Balaban J connectivity index is 1.86. The fourth-order valence-corrected chi connectivity index (χ4v) is 2.21. The summed E-state index contributed by atoms with van der Waals surface area (Å²) >= 11 is 0. The van der Waals surface area contributed by atoms with Crippen LogP contribution in [-0.2, 0) is 13.6 Å². The SMILES string of the molecule is C[n+]1c(NCc2ccccc2O)[nH]c2ccccc21. The molecule has 2 aromatic carbocycles. The van der Waals surface area contributed by atoms with Gasteiger partial charge in [-0.1, -0.05) is 30.3 Å². The molecular formula is C15H16N3O+. The van der Waals surface area contributed by atoms with Crippen molar-refractivity contribution in [1.29, 1.82) is 0 Å². The van der Waals surface area contributed by atoms with E-state index >= 15 is 0 Å². The molecule has 0 atom stereocenters. The lowest BCUT2D eigenvalue weighted by Crippen LogP contribution is -2.30. The molecule has 0 amide bonds. The van der Waals surface area contributed by atoms with E-state index < -0.39 is 0 Å². The van der Waals surface area contributed by atoms with Gasteiger partial charge in [-0.2, -0.15) is 0 Å². The zero-order valence-electron chi connectivity index (χ0n) is 10.7. The van der Waals surface area contributed by atoms with Crippen LogP contribution in [0.15, 0.2) is 48.5 Å². The van der Waals surface area contributed by atoms with Crippen LogP contribution in [0.3, 0.4) is 0 Å². The van der Waals surface area contributed by atoms with Crippen LogP contribution in [0.1, 0.15) is 5.56 Å². The number of hydrogen-bond acceptors (Lipinski definition) is 2. The Bertz CT molecular complexity index is 718. The summed E-state index contributed by atoms with van der Waals surface area (Å²) < 4.78 is 2.06. The predicted octanol–water partition coefficient (Wildman–Crippen LogP) is 2.31. The maximum Gasteiger partial charge on any atom is 0.356 e. The van der Waals surface area contributed by atoms with Crippen molar-refractivity contribution in [2.24, 2.45) is 7.05 Å². The number of nitrogens with one attached hydrogen (secondary N) is 2. The second-order valence-corrected chi connectivity index (χ2v) is 4.53. The predicted molar refractivity (Wildman–Crippen MR) is 74.9 cm³/mol. The van der Waals surface area contributed by atoms with Gasteiger partial charge >= 0.3 is 5.95 Å². The summed E-state index contributed by atoms with van der Waals surface area (Å²) in [5.41, 5.74) is 3.10. The summed E-state index contributed by atoms with van der Waals surface area (Å²) in [5, 5.41) is 13.0. The van der Waals surface area contributed by atoms with Crippen molar-refractivity contribution in [3.8, 4) is 5.75 Å². The third-order valence-electron chi connectivity index (χ3n) is 3.29. The van der Waals surface area contributed by atoms with Crippen molar-refractivity contribution < 1.29 is 9.67 Å². The minimum atomic E-state index is 0.314. The highest BCUT2D eigenvalue weighted by atomic mass is 16.3. The van der Waals surface area contributed by atoms with E-state index in [9.17, 15) is 5.11 Å². The summed E-state index contributed by atoms with van der Waals surface area (Å²) in [6.07, 6.45) is 0. The Hall–Kier alpha value is -2.49. The van der Waals surface area contributed by atoms with Gasteiger partial charge in [0.15, 0.2) is 0 Å². The van der Waals surface area contributed by atoms with Crippen LogP contribution in [0.5, 0.6) is 5.75 Å². The lowest BCUT2D eigenvalue weighted by atomic mass is 10.2. The van der Waals surface area contributed by atoms with Gasteiger partial charge in [-0.15, -0.1) is 0 Å². The Morgan fingerprint density at radius 3 is 2.63 bits per heavy atom. The quantitative estimate of drug-likeness (QED) is 0.628. The molecule has 0 saturated heterocycles. The van der Waals surface area contributed by atoms with Gasteiger partial charge in [-0.3, -0.25) is 5.32 Å². The number of aryl methyl sites for hydroxylation is 1. The third-order valence-corrected chi connectivity index (χ3v) is 3.29. The second kappa shape index (κ2) is 4.65. The van der Waals surface area contributed by atoms with Crippen molar-refractivity contribution in [2.45, 2.75) is 6.54 Å². The molecule has 0 bridgehead atoms. The molecule has 3 N–H and O–H groups in total. The number of phenols is 1. The molecule has 3 rings (SSSR count). The van der Waals surface area contributed by atoms with Crippen LogP contribution in [0.25, 0.3) is 11.0 Å². The van der Waals surface area contributed by atoms with Gasteiger partial charge in [-0.05, 0) is 18.2 Å². The number of para-hydroxylation sites is 3. The Morgan fingerprint density at radius 1 is 1.11 bits per heavy atom. The van der Waals surface area contributed by atoms with Crippen LogP contribution >= 0.6 is 0 Å². The molecule has 4 nitrogen and oxygen atoms in total. The molecule has 96 valence electrons. The fraction of sp³-hybridized carbons (Fsp3) is 0.133. The number of aromatic nitrogens is 2. The van der Waals surface area contributed by atoms with Crippen molar-refractivity contribution >= 4 is 17.0 Å². The molecule has 3 aromatic rings. The summed E-state index contributed by atoms with van der Waals surface area (Å²) in [5.74, 6) is 1.23. The molecular weight excluding hydrogens is 238 g/mol. The van der Waals surface area contributed by atoms with Crippen LogP contribution < -0.4 is 9.88 Å². The van der Waals surface area contributed by atoms with Crippen molar-refractivity contribution in [1.82, 2.24) is 4.98 Å². The normalized spacial score (nSPS) is 10.8. The number of H-pyrrole nitrogens is 1. The zero-order valence-corrected chi connectivity index (χ0v) is 10.7. The molecule has 0 saturated carbocycles. The Morgan fingerprint density at radius 2 is 1.84 bits per heavy atom. The number of aromatic amines is 1. The molecule has 19 heavy (non-hydrogen) atoms. The number of aromatic hydroxyl groups is 1. The van der Waals surface area contributed by atoms with E-state index in [1.807, 2.05) is 43.4 Å². The topological polar surface area (TPSA) is 51.9 Å². The highest BCUT2D eigenvalue weighted by molar-refractivity contribution is 5.72. The second-order valence-electron chi connectivity index (χ2n) is 4.53. The van der Waals surface area contributed by atoms with Gasteiger partial charge < -0.3 is 5.11 Å². The summed E-state index contributed by atoms with van der Waals surface area (Å²) in [6, 6.07) is 15.5. The van der Waals surface area contributed by atoms with Gasteiger partial charge in [0.2, 0.25) is 0 Å². The van der Waals surface area contributed by atoms with Gasteiger partial charge in [0.1, 0.15) is 16.8 Å². The molecule has 0 fully saturated rings. The lowest BCUT2D eigenvalue weighted by Gasteiger charge is -2.02. The van der Waals surface area contributed by atoms with Gasteiger partial charge in [-0.25, -0.2) is 9.55 Å². The van der Waals surface area contributed by atoms with Crippen molar-refractivity contribution in [3.63, 3.8) is 0 Å². The third kappa shape index (κ3) is 2.12. The van der Waals surface area contributed by atoms with Gasteiger partial charge in [0, 0.05) is 5.56 Å². The van der Waals surface area contributed by atoms with Crippen LogP contribution in [0.2, 0.25) is 0 Å². The van der Waals surface area contributed by atoms with Crippen molar-refractivity contribution in [2.75, 3.05) is 5.32 Å². The summed E-state index contributed by atoms with van der Waals surface area (Å²) in [4.78, 5) is 3.32. The standard InChI is InChI=1S/C15H15N3O/c1-18-13-8-4-3-7-12(13)17-15(18)16-10-11-6-2-5-9-14(11)19/h2-9H,10H2,1H3,(H2,16,17,19)/p+1. The average Bonchev–Trinajstić information content (AvgIpc) is 2.75. The number of nitrogens with zero attached hydrogens (tertiary/aromatic N) is 1. The number of fused-ring (bicyclic) bond motifs is 1. The lowest BCUT2D eigenvalue weighted by molar-refractivity contribution is -0.630. The first-order valence-electron chi connectivity index (χ1n) is 6.23. The van der Waals surface area contributed by atoms with Gasteiger partial charge in [0.05, 0.1) is 13.6 Å². The Kier molecular flexibility index (Phi) is 2.83. The van der Waals surface area contributed by atoms with Crippen LogP contribution in [-0.4, -0.2) is 10.1 Å². The first kappa shape index (κ1) is 11.6. The Labute approximate surface area is 111 Å². The molecule has 1 aromatic heterocycles. The molecule has 0 aliphatic carbocycles. The van der Waals surface area contributed by atoms with E-state index in [0.717, 1.165) is 22.5 Å². The highest BCUT2D eigenvalue weighted by Gasteiger charge is 2.13. The van der Waals surface area contributed by atoms with E-state index in [2.05, 4.69) is 20.9 Å². The molecule has 0 aliphatic heterocycles. The summed E-state index contributed by atoms with van der Waals surface area (Å²) in [6.45, 7) is 0.577. The van der Waals surface area contributed by atoms with E-state index in [4.69, 9.17) is 0 Å². The first-order valence-corrected chi connectivity index (χ1v) is 6.23. The van der Waals surface area contributed by atoms with E-state index in [-0.39, 0.29) is 0 Å². The number of rotatable bonds is 3. The van der Waals surface area contributed by atoms with Crippen LogP contribution in [0.4, 0.5) is 5.95 Å². The molecule has 0 spiro atoms. The zero-order chi connectivity index (χ0) is 13.2. The monoisotopic (exact) mass is 254 g/mol. The van der Waals surface area contributed by atoms with E-state index in [1.54, 1.807) is 6.07 Å². The van der Waals surface area contributed by atoms with Crippen LogP contribution in [0, 0.1) is 0 Å². The molecule has 4 heteroatoms. The number of phenolic OH excluding ortho intramolecular Hbond substituents is 1. The minimum absolute atomic E-state index is 0.314. The molecule has 0 unspecified atom stereocenters. The number of imidazole rings is 1. The smallest absolute Gasteiger partial charge is 0.356 e. The number of benzene rings is 2. The minimum Gasteiger partial charge on any atom is -0.508 e. The average molecular weight is 254 g/mol. The summed E-state index contributed by atoms with van der Waals surface area (Å²) in [7, 11) is 2.01. The maximum atomic E-state index is 9.74. The van der Waals surface area contributed by atoms with E-state index in [0.29, 0.717) is 12.3 Å². The van der Waals surface area contributed by atoms with E-state index in [1.165, 1.54) is 0 Å². The molecule has 0 radical (unpaired) electrons. The number of hydrogen-bond donors (Lipinski definition) is 3. The largest absolute Gasteiger partial charge is 0.508 e. The van der Waals surface area contributed by atoms with Gasteiger partial charge in [0.25, 0.3) is 0 Å². The molecule has 1 heterocycles. The number of anilines is 1.